The topological polar surface area (TPSA) is 93.8 Å². The number of pyridine rings is 1. The van der Waals surface area contributed by atoms with E-state index in [1.807, 2.05) is 43.3 Å². The summed E-state index contributed by atoms with van der Waals surface area (Å²) in [7, 11) is 5.42. The average Bonchev–Trinajstić information content (AvgIpc) is 3.37. The molecule has 0 saturated carbocycles. The second-order valence-corrected chi connectivity index (χ2v) is 6.93. The fourth-order valence-electron chi connectivity index (χ4n) is 3.17. The minimum atomic E-state index is -0.491. The quantitative estimate of drug-likeness (QED) is 0.627. The molecule has 1 atom stereocenters. The first kappa shape index (κ1) is 18.9. The molecule has 1 aliphatic rings. The van der Waals surface area contributed by atoms with Gasteiger partial charge in [-0.15, -0.1) is 0 Å². The molecule has 0 radical (unpaired) electrons. The second kappa shape index (κ2) is 7.88. The number of aromatic nitrogens is 3. The zero-order chi connectivity index (χ0) is 20.4. The summed E-state index contributed by atoms with van der Waals surface area (Å²) in [5, 5.41) is 3.97. The largest absolute Gasteiger partial charge is 0.454 e. The maximum atomic E-state index is 13.2. The second-order valence-electron chi connectivity index (χ2n) is 6.93. The number of nitrogens with zero attached hydrogens (tertiary/aromatic N) is 5. The van der Waals surface area contributed by atoms with Gasteiger partial charge in [-0.05, 0) is 43.9 Å². The van der Waals surface area contributed by atoms with Crippen LogP contribution in [0.15, 0.2) is 47.2 Å². The highest BCUT2D eigenvalue weighted by Crippen LogP contribution is 2.35. The number of carbonyl (C=O) groups is 1. The number of hydrogen-bond acceptors (Lipinski definition) is 8. The average molecular weight is 395 g/mol. The van der Waals surface area contributed by atoms with Gasteiger partial charge in [0.1, 0.15) is 6.04 Å². The third kappa shape index (κ3) is 3.90. The molecule has 0 fully saturated rings. The van der Waals surface area contributed by atoms with Crippen LogP contribution in [0.2, 0.25) is 0 Å². The van der Waals surface area contributed by atoms with Crippen molar-refractivity contribution in [2.24, 2.45) is 0 Å². The molecule has 0 saturated heterocycles. The molecular formula is C20H21N5O4. The molecule has 9 nitrogen and oxygen atoms in total. The minimum absolute atomic E-state index is 0.102. The van der Waals surface area contributed by atoms with Gasteiger partial charge in [-0.1, -0.05) is 11.2 Å². The SMILES string of the molecule is CN(Cc1nc(-c2cccnc2)no1)C(=O)[C@H](c1ccc2c(c1)OCO2)N(C)C. The summed E-state index contributed by atoms with van der Waals surface area (Å²) in [5.41, 5.74) is 1.57. The van der Waals surface area contributed by atoms with Crippen molar-refractivity contribution in [2.75, 3.05) is 27.9 Å². The van der Waals surface area contributed by atoms with Crippen LogP contribution in [0.3, 0.4) is 0 Å². The Morgan fingerprint density at radius 3 is 2.76 bits per heavy atom. The summed E-state index contributed by atoms with van der Waals surface area (Å²) in [4.78, 5) is 25.0. The fourth-order valence-corrected chi connectivity index (χ4v) is 3.17. The van der Waals surface area contributed by atoms with Crippen LogP contribution < -0.4 is 9.47 Å². The van der Waals surface area contributed by atoms with E-state index in [9.17, 15) is 4.79 Å². The number of amides is 1. The van der Waals surface area contributed by atoms with Gasteiger partial charge in [0.15, 0.2) is 11.5 Å². The number of benzene rings is 1. The van der Waals surface area contributed by atoms with Crippen molar-refractivity contribution in [1.29, 1.82) is 0 Å². The van der Waals surface area contributed by atoms with Gasteiger partial charge in [0.25, 0.3) is 0 Å². The van der Waals surface area contributed by atoms with E-state index in [0.717, 1.165) is 11.1 Å². The van der Waals surface area contributed by atoms with Crippen molar-refractivity contribution in [3.8, 4) is 22.9 Å². The van der Waals surface area contributed by atoms with E-state index in [1.54, 1.807) is 30.4 Å². The van der Waals surface area contributed by atoms with Gasteiger partial charge in [-0.3, -0.25) is 14.7 Å². The molecule has 2 aromatic heterocycles. The zero-order valence-electron chi connectivity index (χ0n) is 16.4. The Labute approximate surface area is 167 Å². The number of hydrogen-bond donors (Lipinski definition) is 0. The van der Waals surface area contributed by atoms with Gasteiger partial charge in [-0.25, -0.2) is 0 Å². The molecule has 1 aliphatic heterocycles. The first-order valence-corrected chi connectivity index (χ1v) is 9.07. The Balaban J connectivity index is 1.50. The van der Waals surface area contributed by atoms with Crippen molar-refractivity contribution in [3.05, 3.63) is 54.2 Å². The number of carbonyl (C=O) groups excluding carboxylic acids is 1. The van der Waals surface area contributed by atoms with Gasteiger partial charge in [-0.2, -0.15) is 4.98 Å². The maximum absolute atomic E-state index is 13.2. The molecule has 9 heteroatoms. The third-order valence-corrected chi connectivity index (χ3v) is 4.60. The summed E-state index contributed by atoms with van der Waals surface area (Å²) >= 11 is 0. The molecule has 1 aromatic carbocycles. The number of likely N-dealkylation sites (N-methyl/N-ethyl adjacent to an activating group) is 2. The van der Waals surface area contributed by atoms with Crippen LogP contribution in [0.5, 0.6) is 11.5 Å². The van der Waals surface area contributed by atoms with Gasteiger partial charge in [0.05, 0.1) is 6.54 Å². The highest BCUT2D eigenvalue weighted by molar-refractivity contribution is 5.83. The van der Waals surface area contributed by atoms with Crippen LogP contribution in [0.4, 0.5) is 0 Å². The number of ether oxygens (including phenoxy) is 2. The lowest BCUT2D eigenvalue weighted by atomic mass is 10.0. The fraction of sp³-hybridized carbons (Fsp3) is 0.300. The minimum Gasteiger partial charge on any atom is -0.454 e. The molecule has 3 heterocycles. The Kier molecular flexibility index (Phi) is 5.13. The Morgan fingerprint density at radius 2 is 2.00 bits per heavy atom. The van der Waals surface area contributed by atoms with Gasteiger partial charge >= 0.3 is 0 Å². The van der Waals surface area contributed by atoms with Crippen LogP contribution in [-0.2, 0) is 11.3 Å². The third-order valence-electron chi connectivity index (χ3n) is 4.60. The first-order valence-electron chi connectivity index (χ1n) is 9.07. The monoisotopic (exact) mass is 395 g/mol. The maximum Gasteiger partial charge on any atom is 0.246 e. The molecule has 3 aromatic rings. The van der Waals surface area contributed by atoms with Gasteiger partial charge < -0.3 is 18.9 Å². The molecule has 0 N–H and O–H groups in total. The summed E-state index contributed by atoms with van der Waals surface area (Å²) in [6.07, 6.45) is 3.33. The van der Waals surface area contributed by atoms with Crippen molar-refractivity contribution in [3.63, 3.8) is 0 Å². The molecular weight excluding hydrogens is 374 g/mol. The van der Waals surface area contributed by atoms with Gasteiger partial charge in [0.2, 0.25) is 24.4 Å². The summed E-state index contributed by atoms with van der Waals surface area (Å²) < 4.78 is 16.1. The van der Waals surface area contributed by atoms with Crippen molar-refractivity contribution >= 4 is 5.91 Å². The Hall–Kier alpha value is -3.46. The zero-order valence-corrected chi connectivity index (χ0v) is 16.4. The van der Waals surface area contributed by atoms with Crippen LogP contribution in [-0.4, -0.2) is 58.8 Å². The van der Waals surface area contributed by atoms with E-state index in [2.05, 4.69) is 15.1 Å². The number of fused-ring (bicyclic) bond motifs is 1. The Morgan fingerprint density at radius 1 is 1.17 bits per heavy atom. The van der Waals surface area contributed by atoms with E-state index >= 15 is 0 Å². The van der Waals surface area contributed by atoms with E-state index in [0.29, 0.717) is 23.2 Å². The van der Waals surface area contributed by atoms with Gasteiger partial charge in [0, 0.05) is 25.0 Å². The van der Waals surface area contributed by atoms with E-state index in [-0.39, 0.29) is 19.2 Å². The molecule has 4 rings (SSSR count). The first-order chi connectivity index (χ1) is 14.0. The lowest BCUT2D eigenvalue weighted by Gasteiger charge is -2.28. The highest BCUT2D eigenvalue weighted by Gasteiger charge is 2.29. The van der Waals surface area contributed by atoms with E-state index < -0.39 is 6.04 Å². The summed E-state index contributed by atoms with van der Waals surface area (Å²) in [6.45, 7) is 0.386. The predicted octanol–water partition coefficient (Wildman–Crippen LogP) is 2.12. The molecule has 29 heavy (non-hydrogen) atoms. The highest BCUT2D eigenvalue weighted by atomic mass is 16.7. The number of rotatable bonds is 6. The van der Waals surface area contributed by atoms with Crippen LogP contribution >= 0.6 is 0 Å². The molecule has 0 aliphatic carbocycles. The van der Waals surface area contributed by atoms with Crippen LogP contribution in [0.25, 0.3) is 11.4 Å². The summed E-state index contributed by atoms with van der Waals surface area (Å²) in [5.74, 6) is 2.01. The van der Waals surface area contributed by atoms with E-state index in [4.69, 9.17) is 14.0 Å². The standard InChI is InChI=1S/C20H21N5O4/c1-24(2)18(13-6-7-15-16(9-13)28-12-27-15)20(26)25(3)11-17-22-19(23-29-17)14-5-4-8-21-10-14/h4-10,18H,11-12H2,1-3H3/t18-/m0/s1. The summed E-state index contributed by atoms with van der Waals surface area (Å²) in [6, 6.07) is 8.69. The van der Waals surface area contributed by atoms with E-state index in [1.165, 1.54) is 0 Å². The molecule has 0 spiro atoms. The smallest absolute Gasteiger partial charge is 0.246 e. The van der Waals surface area contributed by atoms with Crippen molar-refractivity contribution in [2.45, 2.75) is 12.6 Å². The molecule has 0 bridgehead atoms. The lowest BCUT2D eigenvalue weighted by molar-refractivity contribution is -0.135. The van der Waals surface area contributed by atoms with Crippen molar-refractivity contribution in [1.82, 2.24) is 24.9 Å². The van der Waals surface area contributed by atoms with Crippen LogP contribution in [0, 0.1) is 0 Å². The Bertz CT molecular complexity index is 1010. The van der Waals surface area contributed by atoms with Crippen molar-refractivity contribution < 1.29 is 18.8 Å². The molecule has 0 unspecified atom stereocenters. The lowest BCUT2D eigenvalue weighted by Crippen LogP contribution is -2.38. The normalized spacial score (nSPS) is 13.5. The molecule has 150 valence electrons. The molecule has 1 amide bonds. The predicted molar refractivity (Wildman–Crippen MR) is 103 cm³/mol. The van der Waals surface area contributed by atoms with Crippen LogP contribution in [0.1, 0.15) is 17.5 Å².